The lowest BCUT2D eigenvalue weighted by Gasteiger charge is -2.31. The van der Waals surface area contributed by atoms with Gasteiger partial charge in [-0.2, -0.15) is 8.78 Å². The van der Waals surface area contributed by atoms with Crippen LogP contribution in [0.15, 0.2) is 24.3 Å². The van der Waals surface area contributed by atoms with Crippen molar-refractivity contribution in [2.24, 2.45) is 5.92 Å². The highest BCUT2D eigenvalue weighted by atomic mass is 19.3. The van der Waals surface area contributed by atoms with E-state index in [0.29, 0.717) is 25.1 Å². The maximum Gasteiger partial charge on any atom is 0.482 e. The molecule has 6 heteroatoms. The summed E-state index contributed by atoms with van der Waals surface area (Å²) in [6, 6.07) is 6.12. The van der Waals surface area contributed by atoms with Crippen LogP contribution in [0.1, 0.15) is 18.9 Å². The highest BCUT2D eigenvalue weighted by molar-refractivity contribution is 5.82. The van der Waals surface area contributed by atoms with Crippen LogP contribution in [0.4, 0.5) is 8.78 Å². The van der Waals surface area contributed by atoms with E-state index in [1.165, 1.54) is 6.07 Å². The number of para-hydroxylation sites is 1. The molecule has 1 fully saturated rings. The normalized spacial score (nSPS) is 22.7. The molecule has 1 heterocycles. The summed E-state index contributed by atoms with van der Waals surface area (Å²) in [6.45, 7) is 4.98. The lowest BCUT2D eigenvalue weighted by atomic mass is 9.95. The van der Waals surface area contributed by atoms with E-state index in [1.807, 2.05) is 6.92 Å². The number of piperidine rings is 1. The van der Waals surface area contributed by atoms with E-state index in [-0.39, 0.29) is 17.7 Å². The summed E-state index contributed by atoms with van der Waals surface area (Å²) < 4.78 is 32.4. The van der Waals surface area contributed by atoms with Gasteiger partial charge >= 0.3 is 12.0 Å². The van der Waals surface area contributed by atoms with Crippen LogP contribution in [0, 0.1) is 12.8 Å². The molecule has 0 unspecified atom stereocenters. The maximum atomic E-state index is 13.9. The Hall–Kier alpha value is -1.69. The first-order valence-corrected chi connectivity index (χ1v) is 7.04. The second-order valence-corrected chi connectivity index (χ2v) is 5.43. The van der Waals surface area contributed by atoms with Gasteiger partial charge in [-0.1, -0.05) is 25.1 Å². The number of hydrogen-bond donors (Lipinski definition) is 2. The molecule has 0 spiro atoms. The fourth-order valence-corrected chi connectivity index (χ4v) is 2.34. The monoisotopic (exact) mass is 298 g/mol. The molecule has 0 radical (unpaired) electrons. The number of carbonyl (C=O) groups excluding carboxylic acids is 1. The largest absolute Gasteiger partial charge is 0.482 e. The standard InChI is InChI=1S/C15H20F2N2O2/c1-10-5-3-4-6-13(10)21-15(16,17)14(20)19-12-7-8-18-9-11(12)2/h3-6,11-12,18H,7-9H2,1-2H3,(H,19,20)/t11-,12-/m0/s1. The first-order chi connectivity index (χ1) is 9.90. The van der Waals surface area contributed by atoms with Gasteiger partial charge in [0, 0.05) is 6.04 Å². The zero-order valence-corrected chi connectivity index (χ0v) is 12.2. The predicted octanol–water partition coefficient (Wildman–Crippen LogP) is 2.08. The minimum atomic E-state index is -3.88. The van der Waals surface area contributed by atoms with Crippen molar-refractivity contribution in [3.8, 4) is 5.75 Å². The molecule has 1 aromatic rings. The van der Waals surface area contributed by atoms with Gasteiger partial charge in [0.2, 0.25) is 0 Å². The molecular weight excluding hydrogens is 278 g/mol. The number of aryl methyl sites for hydroxylation is 1. The van der Waals surface area contributed by atoms with Crippen molar-refractivity contribution in [1.82, 2.24) is 10.6 Å². The van der Waals surface area contributed by atoms with E-state index in [0.717, 1.165) is 0 Å². The Morgan fingerprint density at radius 1 is 1.43 bits per heavy atom. The lowest BCUT2D eigenvalue weighted by molar-refractivity contribution is -0.194. The Balaban J connectivity index is 2.01. The van der Waals surface area contributed by atoms with E-state index in [2.05, 4.69) is 15.4 Å². The molecule has 4 nitrogen and oxygen atoms in total. The summed E-state index contributed by atoms with van der Waals surface area (Å²) in [6.07, 6.45) is -3.25. The van der Waals surface area contributed by atoms with Crippen LogP contribution in [0.2, 0.25) is 0 Å². The van der Waals surface area contributed by atoms with E-state index < -0.39 is 12.0 Å². The van der Waals surface area contributed by atoms with Crippen molar-refractivity contribution in [1.29, 1.82) is 0 Å². The van der Waals surface area contributed by atoms with E-state index in [9.17, 15) is 13.6 Å². The molecule has 21 heavy (non-hydrogen) atoms. The van der Waals surface area contributed by atoms with Gasteiger partial charge in [-0.15, -0.1) is 0 Å². The van der Waals surface area contributed by atoms with Crippen LogP contribution in [-0.4, -0.2) is 31.1 Å². The number of halogens is 2. The smallest absolute Gasteiger partial charge is 0.425 e. The summed E-state index contributed by atoms with van der Waals surface area (Å²) in [5, 5.41) is 5.55. The molecule has 2 N–H and O–H groups in total. The maximum absolute atomic E-state index is 13.9. The number of alkyl halides is 2. The molecule has 0 aliphatic carbocycles. The molecule has 2 rings (SSSR count). The highest BCUT2D eigenvalue weighted by Gasteiger charge is 2.44. The third-order valence-corrected chi connectivity index (χ3v) is 3.70. The van der Waals surface area contributed by atoms with E-state index in [1.54, 1.807) is 25.1 Å². The lowest BCUT2D eigenvalue weighted by Crippen LogP contribution is -2.54. The van der Waals surface area contributed by atoms with Crippen LogP contribution in [-0.2, 0) is 4.79 Å². The van der Waals surface area contributed by atoms with Gasteiger partial charge in [-0.05, 0) is 44.0 Å². The molecule has 1 aromatic carbocycles. The molecule has 0 aromatic heterocycles. The Kier molecular flexibility index (Phi) is 4.77. The SMILES string of the molecule is Cc1ccccc1OC(F)(F)C(=O)N[C@H]1CCNC[C@@H]1C. The molecule has 0 bridgehead atoms. The molecular formula is C15H20F2N2O2. The first-order valence-electron chi connectivity index (χ1n) is 7.04. The van der Waals surface area contributed by atoms with Crippen molar-refractivity contribution >= 4 is 5.91 Å². The fourth-order valence-electron chi connectivity index (χ4n) is 2.34. The number of amides is 1. The summed E-state index contributed by atoms with van der Waals surface area (Å²) in [7, 11) is 0. The number of benzene rings is 1. The molecule has 116 valence electrons. The first kappa shape index (κ1) is 15.7. The van der Waals surface area contributed by atoms with Crippen LogP contribution in [0.25, 0.3) is 0 Å². The summed E-state index contributed by atoms with van der Waals surface area (Å²) >= 11 is 0. The molecule has 1 aliphatic rings. The van der Waals surface area contributed by atoms with E-state index in [4.69, 9.17) is 0 Å². The predicted molar refractivity (Wildman–Crippen MR) is 75.3 cm³/mol. The van der Waals surface area contributed by atoms with Gasteiger partial charge in [0.05, 0.1) is 0 Å². The highest BCUT2D eigenvalue weighted by Crippen LogP contribution is 2.25. The number of hydrogen-bond acceptors (Lipinski definition) is 3. The van der Waals surface area contributed by atoms with Crippen molar-refractivity contribution in [2.45, 2.75) is 32.4 Å². The molecule has 1 aliphatic heterocycles. The van der Waals surface area contributed by atoms with E-state index >= 15 is 0 Å². The number of ether oxygens (including phenoxy) is 1. The second kappa shape index (κ2) is 6.39. The topological polar surface area (TPSA) is 50.4 Å². The number of nitrogens with one attached hydrogen (secondary N) is 2. The number of carbonyl (C=O) groups is 1. The third-order valence-electron chi connectivity index (χ3n) is 3.70. The van der Waals surface area contributed by atoms with Gasteiger partial charge in [-0.25, -0.2) is 0 Å². The van der Waals surface area contributed by atoms with Crippen LogP contribution in [0.5, 0.6) is 5.75 Å². The average molecular weight is 298 g/mol. The summed E-state index contributed by atoms with van der Waals surface area (Å²) in [5.74, 6) is -1.27. The van der Waals surface area contributed by atoms with Gasteiger partial charge in [0.15, 0.2) is 0 Å². The Morgan fingerprint density at radius 3 is 2.81 bits per heavy atom. The van der Waals surface area contributed by atoms with Crippen LogP contribution in [0.3, 0.4) is 0 Å². The molecule has 2 atom stereocenters. The number of rotatable bonds is 4. The Labute approximate surface area is 122 Å². The molecule has 1 amide bonds. The van der Waals surface area contributed by atoms with Crippen LogP contribution >= 0.6 is 0 Å². The van der Waals surface area contributed by atoms with Gasteiger partial charge in [0.1, 0.15) is 5.75 Å². The average Bonchev–Trinajstić information content (AvgIpc) is 2.43. The van der Waals surface area contributed by atoms with Crippen molar-refractivity contribution < 1.29 is 18.3 Å². The summed E-state index contributed by atoms with van der Waals surface area (Å²) in [5.41, 5.74) is 0.556. The quantitative estimate of drug-likeness (QED) is 0.895. The second-order valence-electron chi connectivity index (χ2n) is 5.43. The molecule has 0 saturated carbocycles. The Morgan fingerprint density at radius 2 is 2.14 bits per heavy atom. The Bertz CT molecular complexity index is 508. The van der Waals surface area contributed by atoms with Crippen molar-refractivity contribution in [3.05, 3.63) is 29.8 Å². The molecule has 1 saturated heterocycles. The zero-order chi connectivity index (χ0) is 15.5. The summed E-state index contributed by atoms with van der Waals surface area (Å²) in [4.78, 5) is 11.8. The van der Waals surface area contributed by atoms with Gasteiger partial charge in [0.25, 0.3) is 0 Å². The van der Waals surface area contributed by atoms with Crippen molar-refractivity contribution in [3.63, 3.8) is 0 Å². The minimum Gasteiger partial charge on any atom is -0.425 e. The zero-order valence-electron chi connectivity index (χ0n) is 12.2. The minimum absolute atomic E-state index is 0.0102. The van der Waals surface area contributed by atoms with Crippen molar-refractivity contribution in [2.75, 3.05) is 13.1 Å². The van der Waals surface area contributed by atoms with Gasteiger partial charge < -0.3 is 15.4 Å². The van der Waals surface area contributed by atoms with Gasteiger partial charge in [-0.3, -0.25) is 4.79 Å². The fraction of sp³-hybridized carbons (Fsp3) is 0.533. The third kappa shape index (κ3) is 3.91. The van der Waals surface area contributed by atoms with Crippen LogP contribution < -0.4 is 15.4 Å².